The maximum Gasteiger partial charge on any atom is 0.174 e. The minimum absolute atomic E-state index is 0.0437. The molecule has 1 unspecified atom stereocenters. The Morgan fingerprint density at radius 3 is 2.89 bits per heavy atom. The SMILES string of the molecule is Cc1ccnc(N2CCC(C)(O)C2)c1/C(N)=N/O. The van der Waals surface area contributed by atoms with E-state index in [1.54, 1.807) is 13.1 Å². The van der Waals surface area contributed by atoms with Gasteiger partial charge in [0.25, 0.3) is 0 Å². The minimum atomic E-state index is -0.714. The third-order valence-electron chi connectivity index (χ3n) is 3.25. The number of amidine groups is 1. The van der Waals surface area contributed by atoms with Gasteiger partial charge in [0.2, 0.25) is 0 Å². The third-order valence-corrected chi connectivity index (χ3v) is 3.25. The minimum Gasteiger partial charge on any atom is -0.409 e. The van der Waals surface area contributed by atoms with E-state index in [1.807, 2.05) is 17.9 Å². The molecule has 1 saturated heterocycles. The summed E-state index contributed by atoms with van der Waals surface area (Å²) >= 11 is 0. The van der Waals surface area contributed by atoms with Crippen molar-refractivity contribution in [2.24, 2.45) is 10.9 Å². The van der Waals surface area contributed by atoms with Crippen LogP contribution in [0.25, 0.3) is 0 Å². The number of hydrogen-bond donors (Lipinski definition) is 3. The van der Waals surface area contributed by atoms with Crippen molar-refractivity contribution in [1.29, 1.82) is 0 Å². The fourth-order valence-corrected chi connectivity index (χ4v) is 2.28. The average Bonchev–Trinajstić information content (AvgIpc) is 2.68. The van der Waals surface area contributed by atoms with Gasteiger partial charge in [-0.1, -0.05) is 5.16 Å². The zero-order valence-corrected chi connectivity index (χ0v) is 10.6. The molecule has 0 bridgehead atoms. The van der Waals surface area contributed by atoms with Crippen LogP contribution in [0, 0.1) is 6.92 Å². The standard InChI is InChI=1S/C12H18N4O2/c1-8-3-5-14-11(9(8)10(13)15-18)16-6-4-12(2,17)7-16/h3,5,17-18H,4,6-7H2,1-2H3,(H2,13,15). The molecule has 98 valence electrons. The van der Waals surface area contributed by atoms with Crippen molar-refractivity contribution in [3.63, 3.8) is 0 Å². The molecule has 0 radical (unpaired) electrons. The second-order valence-electron chi connectivity index (χ2n) is 4.98. The number of aromatic nitrogens is 1. The molecule has 6 nitrogen and oxygen atoms in total. The molecule has 0 aliphatic carbocycles. The lowest BCUT2D eigenvalue weighted by Crippen LogP contribution is -2.32. The molecule has 18 heavy (non-hydrogen) atoms. The van der Waals surface area contributed by atoms with Crippen LogP contribution in [0.3, 0.4) is 0 Å². The number of pyridine rings is 1. The van der Waals surface area contributed by atoms with Crippen molar-refractivity contribution in [3.05, 3.63) is 23.4 Å². The second kappa shape index (κ2) is 4.45. The molecule has 1 atom stereocenters. The third kappa shape index (κ3) is 2.24. The van der Waals surface area contributed by atoms with Gasteiger partial charge in [0.1, 0.15) is 5.82 Å². The summed E-state index contributed by atoms with van der Waals surface area (Å²) in [5.41, 5.74) is 6.50. The molecule has 1 aromatic rings. The summed E-state index contributed by atoms with van der Waals surface area (Å²) in [6, 6.07) is 1.81. The summed E-state index contributed by atoms with van der Waals surface area (Å²) in [6.07, 6.45) is 2.37. The largest absolute Gasteiger partial charge is 0.409 e. The van der Waals surface area contributed by atoms with Crippen LogP contribution in [0.5, 0.6) is 0 Å². The number of aryl methyl sites for hydroxylation is 1. The molecule has 6 heteroatoms. The highest BCUT2D eigenvalue weighted by Gasteiger charge is 2.33. The molecule has 1 aliphatic rings. The molecule has 4 N–H and O–H groups in total. The van der Waals surface area contributed by atoms with E-state index in [-0.39, 0.29) is 5.84 Å². The summed E-state index contributed by atoms with van der Waals surface area (Å²) in [6.45, 7) is 4.88. The highest BCUT2D eigenvalue weighted by molar-refractivity contribution is 6.02. The fraction of sp³-hybridized carbons (Fsp3) is 0.500. The number of β-amino-alcohol motifs (C(OH)–C–C–N with tert-alkyl or cyclic N) is 1. The Morgan fingerprint density at radius 2 is 2.33 bits per heavy atom. The highest BCUT2D eigenvalue weighted by atomic mass is 16.4. The summed E-state index contributed by atoms with van der Waals surface area (Å²) in [4.78, 5) is 6.26. The Bertz CT molecular complexity index is 485. The van der Waals surface area contributed by atoms with Crippen molar-refractivity contribution >= 4 is 11.7 Å². The van der Waals surface area contributed by atoms with Crippen LogP contribution in [-0.4, -0.2) is 39.8 Å². The van der Waals surface area contributed by atoms with E-state index in [0.717, 1.165) is 5.56 Å². The van der Waals surface area contributed by atoms with Crippen LogP contribution in [0.1, 0.15) is 24.5 Å². The van der Waals surface area contributed by atoms with Gasteiger partial charge in [-0.3, -0.25) is 0 Å². The first kappa shape index (κ1) is 12.6. The van der Waals surface area contributed by atoms with Gasteiger partial charge in [-0.2, -0.15) is 0 Å². The summed E-state index contributed by atoms with van der Waals surface area (Å²) in [5, 5.41) is 21.9. The van der Waals surface area contributed by atoms with Crippen molar-refractivity contribution in [2.45, 2.75) is 25.9 Å². The highest BCUT2D eigenvalue weighted by Crippen LogP contribution is 2.28. The maximum atomic E-state index is 10.0. The van der Waals surface area contributed by atoms with Gasteiger partial charge in [0.15, 0.2) is 5.84 Å². The van der Waals surface area contributed by atoms with E-state index in [0.29, 0.717) is 30.9 Å². The summed E-state index contributed by atoms with van der Waals surface area (Å²) < 4.78 is 0. The zero-order chi connectivity index (χ0) is 13.3. The molecule has 1 aliphatic heterocycles. The number of rotatable bonds is 2. The fourth-order valence-electron chi connectivity index (χ4n) is 2.28. The maximum absolute atomic E-state index is 10.0. The van der Waals surface area contributed by atoms with Crippen LogP contribution in [0.2, 0.25) is 0 Å². The van der Waals surface area contributed by atoms with Crippen molar-refractivity contribution < 1.29 is 10.3 Å². The average molecular weight is 250 g/mol. The Morgan fingerprint density at radius 1 is 1.61 bits per heavy atom. The molecule has 0 aromatic carbocycles. The van der Waals surface area contributed by atoms with Crippen molar-refractivity contribution in [2.75, 3.05) is 18.0 Å². The lowest BCUT2D eigenvalue weighted by molar-refractivity contribution is 0.0839. The molecule has 0 amide bonds. The Labute approximate surface area is 106 Å². The van der Waals surface area contributed by atoms with Crippen LogP contribution >= 0.6 is 0 Å². The topological polar surface area (TPSA) is 95.0 Å². The first-order chi connectivity index (χ1) is 8.44. The molecule has 1 aromatic heterocycles. The molecular weight excluding hydrogens is 232 g/mol. The zero-order valence-electron chi connectivity index (χ0n) is 10.6. The normalized spacial score (nSPS) is 24.6. The lowest BCUT2D eigenvalue weighted by Gasteiger charge is -2.22. The van der Waals surface area contributed by atoms with Gasteiger partial charge in [0.05, 0.1) is 11.2 Å². The van der Waals surface area contributed by atoms with Crippen LogP contribution in [-0.2, 0) is 0 Å². The molecule has 2 rings (SSSR count). The predicted octanol–water partition coefficient (Wildman–Crippen LogP) is 0.446. The first-order valence-corrected chi connectivity index (χ1v) is 5.85. The van der Waals surface area contributed by atoms with Gasteiger partial charge in [0, 0.05) is 19.3 Å². The number of oxime groups is 1. The van der Waals surface area contributed by atoms with E-state index < -0.39 is 5.60 Å². The number of anilines is 1. The smallest absolute Gasteiger partial charge is 0.174 e. The summed E-state index contributed by atoms with van der Waals surface area (Å²) in [5.74, 6) is 0.699. The van der Waals surface area contributed by atoms with Crippen LogP contribution in [0.15, 0.2) is 17.4 Å². The van der Waals surface area contributed by atoms with Gasteiger partial charge in [-0.15, -0.1) is 0 Å². The van der Waals surface area contributed by atoms with Gasteiger partial charge in [-0.25, -0.2) is 4.98 Å². The first-order valence-electron chi connectivity index (χ1n) is 5.85. The quantitative estimate of drug-likeness (QED) is 0.306. The van der Waals surface area contributed by atoms with E-state index in [9.17, 15) is 5.11 Å². The van der Waals surface area contributed by atoms with Crippen LogP contribution in [0.4, 0.5) is 5.82 Å². The number of aliphatic hydroxyl groups is 1. The van der Waals surface area contributed by atoms with E-state index in [1.165, 1.54) is 0 Å². The molecule has 0 spiro atoms. The van der Waals surface area contributed by atoms with Crippen LogP contribution < -0.4 is 10.6 Å². The molecule has 0 saturated carbocycles. The predicted molar refractivity (Wildman–Crippen MR) is 68.9 cm³/mol. The Hall–Kier alpha value is -1.82. The van der Waals surface area contributed by atoms with E-state index in [2.05, 4.69) is 10.1 Å². The van der Waals surface area contributed by atoms with E-state index >= 15 is 0 Å². The number of nitrogens with two attached hydrogens (primary N) is 1. The van der Waals surface area contributed by atoms with Gasteiger partial charge in [-0.05, 0) is 31.9 Å². The van der Waals surface area contributed by atoms with Gasteiger partial charge < -0.3 is 20.9 Å². The molecular formula is C12H18N4O2. The molecule has 1 fully saturated rings. The monoisotopic (exact) mass is 250 g/mol. The Balaban J connectivity index is 2.43. The lowest BCUT2D eigenvalue weighted by atomic mass is 10.1. The van der Waals surface area contributed by atoms with Crippen molar-refractivity contribution in [1.82, 2.24) is 4.98 Å². The number of hydrogen-bond acceptors (Lipinski definition) is 5. The summed E-state index contributed by atoms with van der Waals surface area (Å²) in [7, 11) is 0. The number of nitrogens with zero attached hydrogens (tertiary/aromatic N) is 3. The second-order valence-corrected chi connectivity index (χ2v) is 4.98. The van der Waals surface area contributed by atoms with Crippen molar-refractivity contribution in [3.8, 4) is 0 Å². The molecule has 2 heterocycles. The Kier molecular flexibility index (Phi) is 3.13. The van der Waals surface area contributed by atoms with Gasteiger partial charge >= 0.3 is 0 Å². The van der Waals surface area contributed by atoms with E-state index in [4.69, 9.17) is 10.9 Å².